The summed E-state index contributed by atoms with van der Waals surface area (Å²) < 4.78 is 12.4. The molecule has 0 spiro atoms. The summed E-state index contributed by atoms with van der Waals surface area (Å²) in [4.78, 5) is 8.52. The zero-order valence-corrected chi connectivity index (χ0v) is 61.7. The van der Waals surface area contributed by atoms with E-state index < -0.39 is 0 Å². The van der Waals surface area contributed by atoms with Crippen LogP contribution in [-0.4, -0.2) is 150 Å². The Morgan fingerprint density at radius 2 is 0.473 bits per heavy atom. The van der Waals surface area contributed by atoms with Crippen LogP contribution in [0.3, 0.4) is 0 Å². The first-order valence-corrected chi connectivity index (χ1v) is 24.3. The fourth-order valence-electron chi connectivity index (χ4n) is 5.56. The Morgan fingerprint density at radius 3 is 0.608 bits per heavy atom. The first-order valence-electron chi connectivity index (χ1n) is 24.3. The zero-order valence-electron chi connectivity index (χ0n) is 49.8. The van der Waals surface area contributed by atoms with Crippen molar-refractivity contribution in [2.75, 3.05) is 109 Å². The number of fused-ring (bicyclic) bond motifs is 6. The molecule has 2 aromatic heterocycles. The van der Waals surface area contributed by atoms with E-state index in [1.165, 1.54) is 0 Å². The average molecular weight is 1230 g/mol. The van der Waals surface area contributed by atoms with Crippen molar-refractivity contribution < 1.29 is 86.7 Å². The quantitative estimate of drug-likeness (QED) is 0.0866. The molecule has 14 nitrogen and oxygen atoms in total. The fourth-order valence-corrected chi connectivity index (χ4v) is 5.56. The van der Waals surface area contributed by atoms with Crippen molar-refractivity contribution in [3.8, 4) is 0 Å². The van der Waals surface area contributed by atoms with Crippen LogP contribution in [0.15, 0.2) is 81.6 Å². The molecule has 0 unspecified atom stereocenters. The van der Waals surface area contributed by atoms with E-state index in [1.807, 2.05) is 132 Å². The molecule has 2 heterocycles. The van der Waals surface area contributed by atoms with Gasteiger partial charge in [-0.1, -0.05) is 179 Å². The van der Waals surface area contributed by atoms with E-state index in [-0.39, 0.29) is 100 Å². The number of hydrogen-bond donors (Lipinski definition) is 0. The maximum absolute atomic E-state index is 6.94. The molecule has 0 saturated heterocycles. The van der Waals surface area contributed by atoms with Crippen molar-refractivity contribution in [1.82, 2.24) is 19.6 Å². The van der Waals surface area contributed by atoms with Gasteiger partial charge in [-0.25, -0.2) is 0 Å². The van der Waals surface area contributed by atoms with E-state index in [1.54, 1.807) is 0 Å². The van der Waals surface area contributed by atoms with E-state index in [2.05, 4.69) is 100 Å². The number of para-hydroxylation sites is 4. The Hall–Kier alpha value is -2.15. The summed E-state index contributed by atoms with van der Waals surface area (Å²) in [5.41, 5.74) is 33.8. The first-order chi connectivity index (χ1) is 32.1. The summed E-state index contributed by atoms with van der Waals surface area (Å²) >= 11 is 0. The van der Waals surface area contributed by atoms with Crippen LogP contribution >= 0.6 is 0 Å². The first kappa shape index (κ1) is 78.3. The Labute approximate surface area is 500 Å². The summed E-state index contributed by atoms with van der Waals surface area (Å²) in [6.07, 6.45) is 0. The molecule has 0 saturated carbocycles. The second-order valence-corrected chi connectivity index (χ2v) is 22.6. The summed E-state index contributed by atoms with van der Waals surface area (Å²) in [6.45, 7) is 28.9. The van der Waals surface area contributed by atoms with Gasteiger partial charge in [-0.05, 0) is 82.6 Å². The summed E-state index contributed by atoms with van der Waals surface area (Å²) in [5.74, 6) is 0. The van der Waals surface area contributed by atoms with Gasteiger partial charge in [0.2, 0.25) is 0 Å². The van der Waals surface area contributed by atoms with Crippen LogP contribution in [0.5, 0.6) is 0 Å². The zero-order chi connectivity index (χ0) is 53.6. The monoisotopic (exact) mass is 1220 g/mol. The predicted octanol–water partition coefficient (Wildman–Crippen LogP) is 16.8. The third kappa shape index (κ3) is 37.6. The molecular formula is C56H92N12O2Zn4. The summed E-state index contributed by atoms with van der Waals surface area (Å²) in [5, 5.41) is 23.3. The standard InChI is InChI=1S/2C20H26N4O.4C4H10N.4Zn/c2*1-23(2)13-11-21-17-9-5-7-15-16-8-6-10-18(20(16)25-19(15)17)22-12-14-24(3)4;4*1-4(2,3)5;;;;/h2*5-10H,11-14H2,1-4H3;4*5H,1-3H3;;;;/q2*-2;4*-1;4*+2. The maximum atomic E-state index is 6.94. The van der Waals surface area contributed by atoms with Gasteiger partial charge in [0, 0.05) is 21.5 Å². The van der Waals surface area contributed by atoms with Crippen LogP contribution < -0.4 is 0 Å². The van der Waals surface area contributed by atoms with E-state index >= 15 is 0 Å². The van der Waals surface area contributed by atoms with Crippen LogP contribution in [0.4, 0.5) is 22.7 Å². The molecule has 0 atom stereocenters. The third-order valence-corrected chi connectivity index (χ3v) is 8.28. The van der Waals surface area contributed by atoms with E-state index in [0.717, 1.165) is 119 Å². The molecular weight excluding hydrogens is 1130 g/mol. The van der Waals surface area contributed by atoms with Crippen LogP contribution in [0.1, 0.15) is 83.1 Å². The van der Waals surface area contributed by atoms with Gasteiger partial charge in [-0.3, -0.25) is 0 Å². The van der Waals surface area contributed by atoms with E-state index in [9.17, 15) is 0 Å². The van der Waals surface area contributed by atoms with Crippen LogP contribution in [0, 0.1) is 0 Å². The molecule has 0 fully saturated rings. The second kappa shape index (κ2) is 37.6. The summed E-state index contributed by atoms with van der Waals surface area (Å²) in [6, 6.07) is 24.6. The number of nitrogens with one attached hydrogen (secondary N) is 4. The van der Waals surface area contributed by atoms with Gasteiger partial charge in [0.05, 0.1) is 0 Å². The Balaban J connectivity index is -0.000000467. The normalized spacial score (nSPS) is 11.2. The molecule has 0 bridgehead atoms. The molecule has 0 radical (unpaired) electrons. The third-order valence-electron chi connectivity index (χ3n) is 8.28. The number of likely N-dealkylation sites (N-methyl/N-ethyl adjacent to an activating group) is 4. The molecule has 0 aliphatic carbocycles. The van der Waals surface area contributed by atoms with Gasteiger partial charge in [-0.15, -0.1) is 48.3 Å². The van der Waals surface area contributed by atoms with Crippen molar-refractivity contribution >= 4 is 66.6 Å². The molecule has 396 valence electrons. The molecule has 6 aromatic rings. The van der Waals surface area contributed by atoms with Crippen molar-refractivity contribution in [2.45, 2.75) is 105 Å². The number of nitrogens with zero attached hydrogens (tertiary/aromatic N) is 8. The maximum Gasteiger partial charge on any atom is 2.00 e. The molecule has 0 aliphatic rings. The number of rotatable bonds is 16. The van der Waals surface area contributed by atoms with Gasteiger partial charge >= 0.3 is 77.9 Å². The number of hydrogen-bond acceptors (Lipinski definition) is 6. The van der Waals surface area contributed by atoms with Gasteiger partial charge in [0.25, 0.3) is 0 Å². The molecule has 0 amide bonds. The molecule has 4 N–H and O–H groups in total. The number of furan rings is 2. The SMILES string of the molecule is CC(C)(C)[NH-].CC(C)(C)[NH-].CC(C)(C)[NH-].CC(C)(C)[NH-].CN(C)CC[N-]c1cccc2c1oc1c([N-]CCN(C)C)cccc12.CN(C)CC[N-]c1cccc2c1oc1c([N-]CCN(C)C)cccc12.[Zn+2].[Zn+2].[Zn+2].[Zn+2]. The topological polar surface area (TPSA) is 191 Å². The van der Waals surface area contributed by atoms with Crippen LogP contribution in [0.2, 0.25) is 0 Å². The van der Waals surface area contributed by atoms with Crippen LogP contribution in [-0.2, 0) is 77.9 Å². The second-order valence-electron chi connectivity index (χ2n) is 22.6. The molecule has 18 heteroatoms. The van der Waals surface area contributed by atoms with Crippen LogP contribution in [0.25, 0.3) is 88.1 Å². The van der Waals surface area contributed by atoms with Crippen molar-refractivity contribution in [3.63, 3.8) is 0 Å². The fraction of sp³-hybridized carbons (Fsp3) is 0.571. The van der Waals surface area contributed by atoms with E-state index in [0.29, 0.717) is 0 Å². The minimum Gasteiger partial charge on any atom is -0.680 e. The van der Waals surface area contributed by atoms with Gasteiger partial charge in [0.1, 0.15) is 22.3 Å². The van der Waals surface area contributed by atoms with Gasteiger partial charge in [-0.2, -0.15) is 0 Å². The van der Waals surface area contributed by atoms with E-state index in [4.69, 9.17) is 53.0 Å². The van der Waals surface area contributed by atoms with Gasteiger partial charge < -0.3 is 72.6 Å². The smallest absolute Gasteiger partial charge is 0.680 e. The predicted molar refractivity (Wildman–Crippen MR) is 309 cm³/mol. The molecule has 6 rings (SSSR count). The number of benzene rings is 4. The molecule has 0 aliphatic heterocycles. The minimum atomic E-state index is -0.250. The van der Waals surface area contributed by atoms with Crippen molar-refractivity contribution in [2.24, 2.45) is 0 Å². The minimum absolute atomic E-state index is 0. The summed E-state index contributed by atoms with van der Waals surface area (Å²) in [7, 11) is 16.4. The molecule has 74 heavy (non-hydrogen) atoms. The van der Waals surface area contributed by atoms with Crippen molar-refractivity contribution in [3.05, 3.63) is 117 Å². The average Bonchev–Trinajstić information content (AvgIpc) is 3.76. The molecule has 4 aromatic carbocycles. The Morgan fingerprint density at radius 1 is 0.324 bits per heavy atom. The largest absolute Gasteiger partial charge is 2.00 e. The Bertz CT molecular complexity index is 2030. The Kier molecular flexibility index (Phi) is 39.8. The van der Waals surface area contributed by atoms with Gasteiger partial charge in [0.15, 0.2) is 0 Å². The van der Waals surface area contributed by atoms with Crippen molar-refractivity contribution in [1.29, 1.82) is 0 Å².